The molecule has 0 aliphatic carbocycles. The Balaban J connectivity index is 2.67. The number of amides is 2. The lowest BCUT2D eigenvalue weighted by atomic mass is 9.95. The summed E-state index contributed by atoms with van der Waals surface area (Å²) in [6.07, 6.45) is 21.5. The van der Waals surface area contributed by atoms with Crippen molar-refractivity contribution >= 4 is 45.4 Å². The Morgan fingerprint density at radius 2 is 0.710 bits per heavy atom. The Morgan fingerprint density at radius 1 is 0.383 bits per heavy atom. The molecule has 2 rings (SSSR count). The van der Waals surface area contributed by atoms with E-state index in [-0.39, 0.29) is 32.1 Å². The second-order valence-electron chi connectivity index (χ2n) is 30.4. The van der Waals surface area contributed by atoms with Crippen molar-refractivity contribution in [3.63, 3.8) is 0 Å². The number of phosphoric ester groups is 2. The summed E-state index contributed by atoms with van der Waals surface area (Å²) in [6.45, 7) is 8.69. The van der Waals surface area contributed by atoms with Crippen molar-refractivity contribution in [1.82, 2.24) is 10.6 Å². The largest absolute Gasteiger partial charge is 0.472 e. The molecule has 0 unspecified atom stereocenters. The van der Waals surface area contributed by atoms with Crippen LogP contribution in [0.1, 0.15) is 375 Å². The zero-order valence-corrected chi connectivity index (χ0v) is 68.3. The summed E-state index contributed by atoms with van der Waals surface area (Å²) in [5, 5.41) is 62.1. The van der Waals surface area contributed by atoms with Crippen molar-refractivity contribution in [3.05, 3.63) is 0 Å². The first kappa shape index (κ1) is 100. The third kappa shape index (κ3) is 50.9. The summed E-state index contributed by atoms with van der Waals surface area (Å²) < 4.78 is 72.4. The van der Waals surface area contributed by atoms with Crippen LogP contribution >= 0.6 is 15.6 Å². The minimum Gasteiger partial charge on any atom is -0.462 e. The number of esters is 3. The highest BCUT2D eigenvalue weighted by Crippen LogP contribution is 2.44. The quantitative estimate of drug-likeness (QED) is 0.0117. The van der Waals surface area contributed by atoms with Crippen LogP contribution in [-0.2, 0) is 70.6 Å². The van der Waals surface area contributed by atoms with Gasteiger partial charge in [-0.05, 0) is 38.5 Å². The molecule has 0 aromatic rings. The molecule has 26 nitrogen and oxygen atoms in total. The predicted molar refractivity (Wildman–Crippen MR) is 411 cm³/mol. The molecule has 14 atom stereocenters. The Hall–Kier alpha value is -2.75. The summed E-state index contributed by atoms with van der Waals surface area (Å²) >= 11 is 0. The fourth-order valence-corrected chi connectivity index (χ4v) is 15.2. The summed E-state index contributed by atoms with van der Waals surface area (Å²) in [7, 11) is -11.3. The van der Waals surface area contributed by atoms with E-state index in [0.717, 1.165) is 218 Å². The lowest BCUT2D eigenvalue weighted by Crippen LogP contribution is -2.68. The topological polar surface area (TPSA) is 399 Å². The number of rotatable bonds is 70. The van der Waals surface area contributed by atoms with Gasteiger partial charge in [-0.15, -0.1) is 0 Å². The number of hydrogen-bond acceptors (Lipinski definition) is 20. The fraction of sp³-hybridized carbons (Fsp3) is 0.937. The summed E-state index contributed by atoms with van der Waals surface area (Å²) in [4.78, 5) is 112. The smallest absolute Gasteiger partial charge is 0.462 e. The number of nitrogens with one attached hydrogen (secondary N) is 2. The van der Waals surface area contributed by atoms with Crippen LogP contribution < -0.4 is 10.6 Å². The van der Waals surface area contributed by atoms with Gasteiger partial charge in [0, 0.05) is 6.42 Å². The molecule has 11 N–H and O–H groups in total. The van der Waals surface area contributed by atoms with E-state index in [1.165, 1.54) is 32.1 Å². The number of aliphatic hydroxyl groups is 5. The molecule has 2 saturated heterocycles. The van der Waals surface area contributed by atoms with Crippen LogP contribution in [0.2, 0.25) is 0 Å². The van der Waals surface area contributed by atoms with Gasteiger partial charge in [-0.3, -0.25) is 33.0 Å². The van der Waals surface area contributed by atoms with Gasteiger partial charge in [-0.25, -0.2) is 9.13 Å². The van der Waals surface area contributed by atoms with E-state index in [2.05, 4.69) is 45.3 Å². The molecule has 0 spiro atoms. The molecule has 0 aromatic carbocycles. The molecule has 2 fully saturated rings. The van der Waals surface area contributed by atoms with Crippen molar-refractivity contribution in [3.8, 4) is 0 Å². The highest BCUT2D eigenvalue weighted by Gasteiger charge is 2.55. The van der Waals surface area contributed by atoms with Crippen LogP contribution in [0.5, 0.6) is 0 Å². The number of aliphatic hydroxyl groups excluding tert-OH is 5. The van der Waals surface area contributed by atoms with Crippen LogP contribution in [0.4, 0.5) is 0 Å². The number of phosphoric acid groups is 2. The van der Waals surface area contributed by atoms with Crippen molar-refractivity contribution in [1.29, 1.82) is 0 Å². The molecule has 0 aromatic heterocycles. The van der Waals surface area contributed by atoms with Gasteiger partial charge in [0.25, 0.3) is 0 Å². The average molecular weight is 1570 g/mol. The first-order valence-electron chi connectivity index (χ1n) is 42.3. The zero-order valence-electron chi connectivity index (χ0n) is 66.5. The maximum Gasteiger partial charge on any atom is 0.472 e. The molecule has 0 bridgehead atoms. The molecule has 28 heteroatoms. The summed E-state index contributed by atoms with van der Waals surface area (Å²) in [5.41, 5.74) is 0. The van der Waals surface area contributed by atoms with Crippen molar-refractivity contribution in [2.24, 2.45) is 0 Å². The Kier molecular flexibility index (Phi) is 58.8. The van der Waals surface area contributed by atoms with Crippen molar-refractivity contribution in [2.45, 2.75) is 461 Å². The number of carbonyl (C=O) groups is 5. The van der Waals surface area contributed by atoms with E-state index in [4.69, 9.17) is 37.5 Å². The third-order valence-electron chi connectivity index (χ3n) is 20.3. The van der Waals surface area contributed by atoms with Gasteiger partial charge < -0.3 is 84.2 Å². The molecular formula is C79H150N2O24P2. The second-order valence-corrected chi connectivity index (χ2v) is 32.8. The maximum absolute atomic E-state index is 14.6. The molecule has 0 radical (unpaired) electrons. The molecule has 630 valence electrons. The van der Waals surface area contributed by atoms with Gasteiger partial charge in [-0.1, -0.05) is 304 Å². The molecule has 2 aliphatic rings. The van der Waals surface area contributed by atoms with Gasteiger partial charge in [-0.2, -0.15) is 0 Å². The van der Waals surface area contributed by atoms with Crippen molar-refractivity contribution < 1.29 is 116 Å². The summed E-state index contributed by atoms with van der Waals surface area (Å²) in [6, 6.07) is -3.81. The Labute approximate surface area is 642 Å². The Morgan fingerprint density at radius 3 is 1.09 bits per heavy atom. The number of carbonyl (C=O) groups excluding carboxylic acids is 5. The molecule has 0 saturated carbocycles. The number of ether oxygens (including phenoxy) is 6. The highest BCUT2D eigenvalue weighted by atomic mass is 31.2. The van der Waals surface area contributed by atoms with Gasteiger partial charge in [0.2, 0.25) is 11.8 Å². The van der Waals surface area contributed by atoms with E-state index in [1.54, 1.807) is 0 Å². The van der Waals surface area contributed by atoms with Crippen LogP contribution in [-0.4, -0.2) is 174 Å². The first-order chi connectivity index (χ1) is 51.4. The monoisotopic (exact) mass is 1570 g/mol. The molecule has 2 amide bonds. The van der Waals surface area contributed by atoms with Crippen LogP contribution in [0.3, 0.4) is 0 Å². The minimum atomic E-state index is -5.67. The van der Waals surface area contributed by atoms with Crippen molar-refractivity contribution in [2.75, 3.05) is 13.2 Å². The second kappa shape index (κ2) is 62.7. The normalized spacial score (nSPS) is 21.7. The van der Waals surface area contributed by atoms with Crippen LogP contribution in [0.25, 0.3) is 0 Å². The van der Waals surface area contributed by atoms with E-state index in [9.17, 15) is 78.2 Å². The summed E-state index contributed by atoms with van der Waals surface area (Å²) in [5.74, 6) is -4.51. The zero-order chi connectivity index (χ0) is 78.9. The molecule has 2 aliphatic heterocycles. The van der Waals surface area contributed by atoms with Gasteiger partial charge >= 0.3 is 33.6 Å². The van der Waals surface area contributed by atoms with Crippen LogP contribution in [0.15, 0.2) is 0 Å². The third-order valence-corrected chi connectivity index (χ3v) is 21.3. The van der Waals surface area contributed by atoms with Gasteiger partial charge in [0.1, 0.15) is 42.6 Å². The SMILES string of the molecule is CCCCCCCCCCC[C@@H](O)CC(=O)N[C@H]1[C@H](OC[C@H]2O[C@H](OP(=O)(O)O)[C@H](NC(=O)C[C@@H](CCCCCCCCCCC)OC(=O)CCCCCCCCCC)[C@@H](OC(=O)C[C@H](O)CCCCCCCCCCC)[C@@H]2O)O[C@H](CO)[C@@H](OP(=O)(O)O)[C@@H]1OC(=O)C[C@H](O)CCCCCCCCCCC. The molecule has 2 heterocycles. The molecular weight excluding hydrogens is 1420 g/mol. The van der Waals surface area contributed by atoms with Crippen LogP contribution in [0, 0.1) is 0 Å². The van der Waals surface area contributed by atoms with Gasteiger partial charge in [0.15, 0.2) is 24.8 Å². The number of unbranched alkanes of at least 4 members (excludes halogenated alkanes) is 39. The lowest BCUT2D eigenvalue weighted by Gasteiger charge is -2.47. The van der Waals surface area contributed by atoms with E-state index < -0.39 is 170 Å². The van der Waals surface area contributed by atoms with E-state index >= 15 is 0 Å². The average Bonchev–Trinajstić information content (AvgIpc) is 0.783. The minimum absolute atomic E-state index is 0.109. The Bertz CT molecular complexity index is 2360. The fourth-order valence-electron chi connectivity index (χ4n) is 14.1. The van der Waals surface area contributed by atoms with Gasteiger partial charge in [0.05, 0.1) is 57.2 Å². The highest BCUT2D eigenvalue weighted by molar-refractivity contribution is 7.46. The number of hydrogen-bond donors (Lipinski definition) is 11. The first-order valence-corrected chi connectivity index (χ1v) is 45.3. The predicted octanol–water partition coefficient (Wildman–Crippen LogP) is 15.0. The lowest BCUT2D eigenvalue weighted by molar-refractivity contribution is -0.296. The maximum atomic E-state index is 14.6. The molecule has 107 heavy (non-hydrogen) atoms. The van der Waals surface area contributed by atoms with E-state index in [0.29, 0.717) is 32.1 Å². The van der Waals surface area contributed by atoms with E-state index in [1.807, 2.05) is 0 Å². The standard InChI is InChI=1S/C79H150N2O24P2/c1-6-11-16-21-26-31-35-40-45-50-61(83)55-67(86)80-73-77(103-71(90)57-63(85)52-47-42-37-33-28-23-18-13-8-3)75(104-106(92,93)94)65(59-82)100-78(73)98-60-66-74(91)76(102-70(89)56-62(84)51-46-41-36-32-27-22-17-12-7-2)72(79(101-66)105-107(95,96)97)81-68(87)58-64(53-48-43-38-34-29-24-19-14-9-4)99-69(88)54-49-44-39-30-25-20-15-10-5/h61-66,72-79,82-85,91H,6-60H2,1-5H3,(H,80,86)(H,81,87)(H2,92,93,94)(H2,95,96,97)/t61-,62-,63-,64-,65-,66-,72-,73-,74-,75-,76-,77-,78-,79-/m1/s1.